The fourth-order valence-electron chi connectivity index (χ4n) is 3.44. The second kappa shape index (κ2) is 8.85. The molecular weight excluding hydrogens is 344 g/mol. The topological polar surface area (TPSA) is 75.5 Å². The third kappa shape index (κ3) is 4.77. The quantitative estimate of drug-likeness (QED) is 0.865. The first kappa shape index (κ1) is 19.2. The van der Waals surface area contributed by atoms with Crippen LogP contribution in [0.3, 0.4) is 0 Å². The molecule has 0 saturated carbocycles. The molecule has 2 aromatic heterocycles. The Morgan fingerprint density at radius 2 is 2.11 bits per heavy atom. The first-order valence-corrected chi connectivity index (χ1v) is 9.28. The van der Waals surface area contributed by atoms with Crippen molar-refractivity contribution in [1.29, 1.82) is 0 Å². The van der Waals surface area contributed by atoms with Crippen LogP contribution >= 0.6 is 0 Å². The van der Waals surface area contributed by atoms with Gasteiger partial charge < -0.3 is 19.9 Å². The summed E-state index contributed by atoms with van der Waals surface area (Å²) in [6.45, 7) is 5.54. The predicted molar refractivity (Wildman–Crippen MR) is 104 cm³/mol. The summed E-state index contributed by atoms with van der Waals surface area (Å²) in [5.74, 6) is 0. The van der Waals surface area contributed by atoms with Crippen LogP contribution in [0.15, 0.2) is 30.6 Å². The number of methoxy groups -OCH3 is 1. The molecule has 8 heteroatoms. The molecule has 0 aromatic carbocycles. The number of ether oxygens (including phenoxy) is 1. The van der Waals surface area contributed by atoms with E-state index < -0.39 is 0 Å². The molecule has 2 amide bonds. The van der Waals surface area contributed by atoms with E-state index >= 15 is 0 Å². The van der Waals surface area contributed by atoms with E-state index in [4.69, 9.17) is 4.74 Å². The molecule has 0 aliphatic carbocycles. The highest BCUT2D eigenvalue weighted by atomic mass is 16.5. The molecule has 1 atom stereocenters. The zero-order chi connectivity index (χ0) is 19.2. The van der Waals surface area contributed by atoms with Crippen molar-refractivity contribution in [2.45, 2.75) is 19.4 Å². The third-order valence-electron chi connectivity index (χ3n) is 4.88. The molecule has 0 bridgehead atoms. The third-order valence-corrected chi connectivity index (χ3v) is 4.88. The van der Waals surface area contributed by atoms with Crippen LogP contribution < -0.4 is 10.2 Å². The number of pyridine rings is 1. The van der Waals surface area contributed by atoms with Crippen molar-refractivity contribution in [3.63, 3.8) is 0 Å². The summed E-state index contributed by atoms with van der Waals surface area (Å²) in [7, 11) is 3.50. The van der Waals surface area contributed by atoms with E-state index in [0.29, 0.717) is 13.2 Å². The standard InChI is InChI=1S/C19H28N6O2/c1-15-13-16(5-7-20-15)24-9-4-10-25(12-11-24)19(26)22-17(14-27-3)18-6-8-21-23(18)2/h5-8,13,17H,4,9-12,14H2,1-3H3,(H,22,26)/t17-/m0/s1. The fraction of sp³-hybridized carbons (Fsp3) is 0.526. The lowest BCUT2D eigenvalue weighted by atomic mass is 10.2. The van der Waals surface area contributed by atoms with Crippen molar-refractivity contribution in [1.82, 2.24) is 25.0 Å². The number of hydrogen-bond donors (Lipinski definition) is 1. The Balaban J connectivity index is 1.62. The molecule has 8 nitrogen and oxygen atoms in total. The largest absolute Gasteiger partial charge is 0.382 e. The molecule has 0 unspecified atom stereocenters. The van der Waals surface area contributed by atoms with Gasteiger partial charge >= 0.3 is 6.03 Å². The van der Waals surface area contributed by atoms with Crippen molar-refractivity contribution < 1.29 is 9.53 Å². The van der Waals surface area contributed by atoms with E-state index in [0.717, 1.165) is 43.1 Å². The van der Waals surface area contributed by atoms with E-state index in [1.807, 2.05) is 37.2 Å². The predicted octanol–water partition coefficient (Wildman–Crippen LogP) is 1.73. The molecule has 1 aliphatic heterocycles. The lowest BCUT2D eigenvalue weighted by Crippen LogP contribution is -2.44. The number of carbonyl (C=O) groups excluding carboxylic acids is 1. The van der Waals surface area contributed by atoms with E-state index in [1.165, 1.54) is 0 Å². The number of aromatic nitrogens is 3. The van der Waals surface area contributed by atoms with Crippen LogP contribution in [0.2, 0.25) is 0 Å². The maximum atomic E-state index is 12.8. The van der Waals surface area contributed by atoms with Crippen molar-refractivity contribution in [3.05, 3.63) is 42.0 Å². The Labute approximate surface area is 160 Å². The normalized spacial score (nSPS) is 16.1. The summed E-state index contributed by atoms with van der Waals surface area (Å²) in [6.07, 6.45) is 4.49. The van der Waals surface area contributed by atoms with Gasteiger partial charge in [-0.15, -0.1) is 0 Å². The van der Waals surface area contributed by atoms with E-state index in [-0.39, 0.29) is 12.1 Å². The number of carbonyl (C=O) groups is 1. The minimum Gasteiger partial charge on any atom is -0.382 e. The average molecular weight is 372 g/mol. The minimum absolute atomic E-state index is 0.0639. The molecule has 146 valence electrons. The number of nitrogens with one attached hydrogen (secondary N) is 1. The number of hydrogen-bond acceptors (Lipinski definition) is 5. The monoisotopic (exact) mass is 372 g/mol. The second-order valence-corrected chi connectivity index (χ2v) is 6.82. The van der Waals surface area contributed by atoms with Crippen molar-refractivity contribution in [2.75, 3.05) is 44.8 Å². The highest BCUT2D eigenvalue weighted by Gasteiger charge is 2.23. The molecule has 1 N–H and O–H groups in total. The first-order valence-electron chi connectivity index (χ1n) is 9.28. The molecule has 1 aliphatic rings. The van der Waals surface area contributed by atoms with Gasteiger partial charge in [0, 0.05) is 64.1 Å². The number of aryl methyl sites for hydroxylation is 2. The van der Waals surface area contributed by atoms with Crippen LogP contribution in [0.1, 0.15) is 23.9 Å². The molecule has 3 rings (SSSR count). The number of urea groups is 1. The Hall–Kier alpha value is -2.61. The lowest BCUT2D eigenvalue weighted by molar-refractivity contribution is 0.153. The Bertz CT molecular complexity index is 762. The summed E-state index contributed by atoms with van der Waals surface area (Å²) in [5, 5.41) is 7.28. The number of amides is 2. The maximum absolute atomic E-state index is 12.8. The van der Waals surface area contributed by atoms with Gasteiger partial charge in [-0.25, -0.2) is 4.79 Å². The summed E-state index contributed by atoms with van der Waals surface area (Å²) < 4.78 is 7.06. The van der Waals surface area contributed by atoms with Crippen molar-refractivity contribution >= 4 is 11.7 Å². The van der Waals surface area contributed by atoms with Crippen molar-refractivity contribution in [3.8, 4) is 0 Å². The zero-order valence-corrected chi connectivity index (χ0v) is 16.3. The highest BCUT2D eigenvalue weighted by molar-refractivity contribution is 5.75. The van der Waals surface area contributed by atoms with Gasteiger partial charge in [0.25, 0.3) is 0 Å². The number of rotatable bonds is 5. The Morgan fingerprint density at radius 1 is 1.26 bits per heavy atom. The molecule has 27 heavy (non-hydrogen) atoms. The van der Waals surface area contributed by atoms with E-state index in [1.54, 1.807) is 18.0 Å². The summed E-state index contributed by atoms with van der Waals surface area (Å²) in [6, 6.07) is 5.73. The van der Waals surface area contributed by atoms with Crippen LogP contribution in [0, 0.1) is 6.92 Å². The molecule has 1 saturated heterocycles. The SMILES string of the molecule is COC[C@H](NC(=O)N1CCCN(c2ccnc(C)c2)CC1)c1ccnn1C. The zero-order valence-electron chi connectivity index (χ0n) is 16.3. The highest BCUT2D eigenvalue weighted by Crippen LogP contribution is 2.18. The summed E-state index contributed by atoms with van der Waals surface area (Å²) >= 11 is 0. The molecule has 2 aromatic rings. The van der Waals surface area contributed by atoms with E-state index in [9.17, 15) is 4.79 Å². The number of anilines is 1. The van der Waals surface area contributed by atoms with Crippen molar-refractivity contribution in [2.24, 2.45) is 7.05 Å². The number of nitrogens with zero attached hydrogens (tertiary/aromatic N) is 5. The van der Waals surface area contributed by atoms with Crippen LogP contribution in [0.5, 0.6) is 0 Å². The molecular formula is C19H28N6O2. The second-order valence-electron chi connectivity index (χ2n) is 6.82. The van der Waals surface area contributed by atoms with Gasteiger partial charge in [0.15, 0.2) is 0 Å². The van der Waals surface area contributed by atoms with Crippen LogP contribution in [0.4, 0.5) is 10.5 Å². The summed E-state index contributed by atoms with van der Waals surface area (Å²) in [4.78, 5) is 21.3. The van der Waals surface area contributed by atoms with E-state index in [2.05, 4.69) is 26.4 Å². The van der Waals surface area contributed by atoms with Gasteiger partial charge in [0.1, 0.15) is 0 Å². The van der Waals surface area contributed by atoms with Gasteiger partial charge in [0.2, 0.25) is 0 Å². The summed E-state index contributed by atoms with van der Waals surface area (Å²) in [5.41, 5.74) is 3.09. The van der Waals surface area contributed by atoms with Gasteiger partial charge in [-0.05, 0) is 31.5 Å². The molecule has 3 heterocycles. The first-order chi connectivity index (χ1) is 13.1. The van der Waals surface area contributed by atoms with Gasteiger partial charge in [-0.3, -0.25) is 9.67 Å². The van der Waals surface area contributed by atoms with Crippen LogP contribution in [0.25, 0.3) is 0 Å². The van der Waals surface area contributed by atoms with Gasteiger partial charge in [-0.2, -0.15) is 5.10 Å². The van der Waals surface area contributed by atoms with Gasteiger partial charge in [0.05, 0.1) is 18.3 Å². The van der Waals surface area contributed by atoms with Gasteiger partial charge in [-0.1, -0.05) is 0 Å². The fourth-order valence-corrected chi connectivity index (χ4v) is 3.44. The lowest BCUT2D eigenvalue weighted by Gasteiger charge is -2.26. The maximum Gasteiger partial charge on any atom is 0.318 e. The van der Waals surface area contributed by atoms with Crippen LogP contribution in [-0.2, 0) is 11.8 Å². The van der Waals surface area contributed by atoms with Crippen LogP contribution in [-0.4, -0.2) is 65.6 Å². The minimum atomic E-state index is -0.225. The Morgan fingerprint density at radius 3 is 2.81 bits per heavy atom. The molecule has 1 fully saturated rings. The molecule has 0 spiro atoms. The average Bonchev–Trinajstić information content (AvgIpc) is 2.92. The molecule has 0 radical (unpaired) electrons. The Kier molecular flexibility index (Phi) is 6.28. The smallest absolute Gasteiger partial charge is 0.318 e.